The fourth-order valence-corrected chi connectivity index (χ4v) is 3.70. The van der Waals surface area contributed by atoms with Crippen LogP contribution in [-0.2, 0) is 9.59 Å². The van der Waals surface area contributed by atoms with E-state index in [4.69, 9.17) is 21.1 Å². The molecule has 0 radical (unpaired) electrons. The fraction of sp³-hybridized carbons (Fsp3) is 0.0312. The summed E-state index contributed by atoms with van der Waals surface area (Å²) in [5.74, 6) is -1.46. The van der Waals surface area contributed by atoms with E-state index in [2.05, 4.69) is 15.8 Å². The van der Waals surface area contributed by atoms with Gasteiger partial charge in [-0.3, -0.25) is 9.59 Å². The molecule has 4 aromatic rings. The van der Waals surface area contributed by atoms with Crippen molar-refractivity contribution in [2.24, 2.45) is 5.10 Å². The van der Waals surface area contributed by atoms with Crippen LogP contribution in [0.15, 0.2) is 108 Å². The number of rotatable bonds is 9. The van der Waals surface area contributed by atoms with E-state index in [0.717, 1.165) is 0 Å². The molecule has 0 bridgehead atoms. The third-order valence-corrected chi connectivity index (χ3v) is 5.82. The molecule has 0 aliphatic carbocycles. The first-order valence-corrected chi connectivity index (χ1v) is 12.9. The number of carbonyl (C=O) groups excluding carboxylic acids is 4. The van der Waals surface area contributed by atoms with Crippen molar-refractivity contribution in [2.75, 3.05) is 5.32 Å². The Balaban J connectivity index is 1.37. The number of benzene rings is 4. The summed E-state index contributed by atoms with van der Waals surface area (Å²) in [6.45, 7) is 1.39. The number of esters is 2. The van der Waals surface area contributed by atoms with E-state index in [1.165, 1.54) is 25.3 Å². The number of carbonyl (C=O) groups is 4. The zero-order valence-electron chi connectivity index (χ0n) is 22.2. The molecule has 0 spiro atoms. The highest BCUT2D eigenvalue weighted by molar-refractivity contribution is 6.30. The first-order chi connectivity index (χ1) is 20.3. The molecule has 4 aromatic carbocycles. The number of halogens is 1. The third-order valence-electron chi connectivity index (χ3n) is 5.57. The normalized spacial score (nSPS) is 10.8. The highest BCUT2D eigenvalue weighted by Gasteiger charge is 2.12. The van der Waals surface area contributed by atoms with Crippen LogP contribution >= 0.6 is 11.6 Å². The van der Waals surface area contributed by atoms with Gasteiger partial charge in [0, 0.05) is 40.4 Å². The lowest BCUT2D eigenvalue weighted by Gasteiger charge is -2.08. The van der Waals surface area contributed by atoms with Gasteiger partial charge in [-0.1, -0.05) is 41.9 Å². The van der Waals surface area contributed by atoms with Gasteiger partial charge in [0.1, 0.15) is 11.5 Å². The van der Waals surface area contributed by atoms with Crippen LogP contribution < -0.4 is 20.2 Å². The Morgan fingerprint density at radius 1 is 0.738 bits per heavy atom. The number of hydrazone groups is 1. The topological polar surface area (TPSA) is 123 Å². The maximum Gasteiger partial charge on any atom is 0.343 e. The Morgan fingerprint density at radius 3 is 2.00 bits per heavy atom. The van der Waals surface area contributed by atoms with Gasteiger partial charge >= 0.3 is 11.9 Å². The first kappa shape index (κ1) is 29.4. The van der Waals surface area contributed by atoms with E-state index in [1.54, 1.807) is 97.1 Å². The van der Waals surface area contributed by atoms with Crippen molar-refractivity contribution in [3.05, 3.63) is 130 Å². The molecule has 0 fully saturated rings. The predicted octanol–water partition coefficient (Wildman–Crippen LogP) is 5.90. The zero-order chi connectivity index (χ0) is 29.9. The van der Waals surface area contributed by atoms with E-state index < -0.39 is 17.8 Å². The number of para-hydroxylation sites is 2. The Morgan fingerprint density at radius 2 is 1.33 bits per heavy atom. The molecule has 0 aliphatic rings. The van der Waals surface area contributed by atoms with Gasteiger partial charge in [0.15, 0.2) is 0 Å². The Labute approximate surface area is 246 Å². The van der Waals surface area contributed by atoms with Gasteiger partial charge in [-0.2, -0.15) is 5.10 Å². The van der Waals surface area contributed by atoms with Gasteiger partial charge in [-0.05, 0) is 72.8 Å². The van der Waals surface area contributed by atoms with Gasteiger partial charge in [-0.25, -0.2) is 15.0 Å². The lowest BCUT2D eigenvalue weighted by Crippen LogP contribution is -2.17. The maximum atomic E-state index is 12.6. The first-order valence-electron chi connectivity index (χ1n) is 12.6. The summed E-state index contributed by atoms with van der Waals surface area (Å²) in [7, 11) is 0. The van der Waals surface area contributed by atoms with Crippen molar-refractivity contribution in [3.8, 4) is 11.5 Å². The molecular weight excluding hydrogens is 558 g/mol. The lowest BCUT2D eigenvalue weighted by molar-refractivity contribution is -0.128. The largest absolute Gasteiger partial charge is 0.423 e. The summed E-state index contributed by atoms with van der Waals surface area (Å²) in [5.41, 5.74) is 4.57. The SMILES string of the molecule is CC(=O)Nc1ccc(C(=O)N/N=C/c2ccccc2OC(=O)/C=C/c2ccccc2OC(=O)c2ccc(Cl)cc2)cc1. The highest BCUT2D eigenvalue weighted by atomic mass is 35.5. The zero-order valence-corrected chi connectivity index (χ0v) is 23.0. The molecule has 0 atom stereocenters. The van der Waals surface area contributed by atoms with E-state index in [-0.39, 0.29) is 17.4 Å². The smallest absolute Gasteiger partial charge is 0.343 e. The van der Waals surface area contributed by atoms with Crippen molar-refractivity contribution in [2.45, 2.75) is 6.92 Å². The summed E-state index contributed by atoms with van der Waals surface area (Å²) >= 11 is 5.88. The number of nitrogens with one attached hydrogen (secondary N) is 2. The summed E-state index contributed by atoms with van der Waals surface area (Å²) < 4.78 is 11.0. The molecule has 0 unspecified atom stereocenters. The molecule has 2 amide bonds. The van der Waals surface area contributed by atoms with Gasteiger partial charge in [0.2, 0.25) is 5.91 Å². The fourth-order valence-electron chi connectivity index (χ4n) is 3.57. The van der Waals surface area contributed by atoms with Crippen molar-refractivity contribution >= 4 is 53.3 Å². The summed E-state index contributed by atoms with van der Waals surface area (Å²) in [5, 5.41) is 7.08. The van der Waals surface area contributed by atoms with Crippen LogP contribution in [0.25, 0.3) is 6.08 Å². The van der Waals surface area contributed by atoms with Crippen LogP contribution in [0.3, 0.4) is 0 Å². The van der Waals surface area contributed by atoms with Crippen LogP contribution in [0, 0.1) is 0 Å². The average molecular weight is 582 g/mol. The lowest BCUT2D eigenvalue weighted by atomic mass is 10.2. The second kappa shape index (κ2) is 14.2. The van der Waals surface area contributed by atoms with Crippen LogP contribution in [0.1, 0.15) is 38.8 Å². The van der Waals surface area contributed by atoms with Crippen molar-refractivity contribution in [1.82, 2.24) is 5.43 Å². The van der Waals surface area contributed by atoms with E-state index >= 15 is 0 Å². The van der Waals surface area contributed by atoms with Crippen molar-refractivity contribution in [3.63, 3.8) is 0 Å². The van der Waals surface area contributed by atoms with Crippen LogP contribution in [0.5, 0.6) is 11.5 Å². The van der Waals surface area contributed by atoms with Gasteiger partial charge < -0.3 is 14.8 Å². The monoisotopic (exact) mass is 581 g/mol. The minimum absolute atomic E-state index is 0.215. The van der Waals surface area contributed by atoms with Crippen LogP contribution in [0.2, 0.25) is 5.02 Å². The number of ether oxygens (including phenoxy) is 2. The summed E-state index contributed by atoms with van der Waals surface area (Å²) in [6, 6.07) is 26.0. The van der Waals surface area contributed by atoms with Crippen LogP contribution in [-0.4, -0.2) is 30.0 Å². The van der Waals surface area contributed by atoms with E-state index in [1.807, 2.05) is 0 Å². The second-order valence-corrected chi connectivity index (χ2v) is 9.12. The number of amides is 2. The minimum atomic E-state index is -0.682. The Hall–Kier alpha value is -5.54. The molecule has 2 N–H and O–H groups in total. The highest BCUT2D eigenvalue weighted by Crippen LogP contribution is 2.22. The molecular formula is C32H24ClN3O6. The van der Waals surface area contributed by atoms with E-state index in [9.17, 15) is 19.2 Å². The maximum absolute atomic E-state index is 12.6. The molecule has 4 rings (SSSR count). The predicted molar refractivity (Wildman–Crippen MR) is 160 cm³/mol. The molecule has 0 saturated carbocycles. The van der Waals surface area contributed by atoms with Crippen molar-refractivity contribution < 1.29 is 28.7 Å². The molecule has 0 aliphatic heterocycles. The van der Waals surface area contributed by atoms with Gasteiger partial charge in [0.25, 0.3) is 5.91 Å². The Bertz CT molecular complexity index is 1660. The number of nitrogens with zero attached hydrogens (tertiary/aromatic N) is 1. The van der Waals surface area contributed by atoms with Gasteiger partial charge in [-0.15, -0.1) is 0 Å². The average Bonchev–Trinajstić information content (AvgIpc) is 2.98. The summed E-state index contributed by atoms with van der Waals surface area (Å²) in [6.07, 6.45) is 4.03. The molecule has 210 valence electrons. The van der Waals surface area contributed by atoms with Gasteiger partial charge in [0.05, 0.1) is 11.8 Å². The molecule has 0 aromatic heterocycles. The quantitative estimate of drug-likeness (QED) is 0.0834. The summed E-state index contributed by atoms with van der Waals surface area (Å²) in [4.78, 5) is 48.7. The minimum Gasteiger partial charge on any atom is -0.423 e. The number of hydrogen-bond donors (Lipinski definition) is 2. The standard InChI is InChI=1S/C32H24ClN3O6/c1-21(37)35-27-17-12-23(13-18-27)31(39)36-34-20-25-7-3-5-9-29(25)41-30(38)19-14-22-6-2-4-8-28(22)42-32(40)24-10-15-26(33)16-11-24/h2-20H,1H3,(H,35,37)(H,36,39)/b19-14+,34-20+. The molecule has 0 saturated heterocycles. The van der Waals surface area contributed by atoms with Crippen LogP contribution in [0.4, 0.5) is 5.69 Å². The Kier molecular flexibility index (Phi) is 9.95. The number of anilines is 1. The second-order valence-electron chi connectivity index (χ2n) is 8.68. The molecule has 0 heterocycles. The molecule has 9 nitrogen and oxygen atoms in total. The third kappa shape index (κ3) is 8.48. The van der Waals surface area contributed by atoms with Crippen molar-refractivity contribution in [1.29, 1.82) is 0 Å². The molecule has 42 heavy (non-hydrogen) atoms. The molecule has 10 heteroatoms. The van der Waals surface area contributed by atoms with E-state index in [0.29, 0.717) is 33.0 Å². The number of hydrogen-bond acceptors (Lipinski definition) is 7.